The van der Waals surface area contributed by atoms with Crippen LogP contribution in [0.25, 0.3) is 0 Å². The Balaban J connectivity index is 2.34. The second-order valence-electron chi connectivity index (χ2n) is 4.01. The Kier molecular flexibility index (Phi) is 4.93. The maximum Gasteiger partial charge on any atom is 0.216 e. The van der Waals surface area contributed by atoms with Crippen molar-refractivity contribution < 1.29 is 9.15 Å². The number of hydrogen-bond donors (Lipinski definition) is 1. The predicted molar refractivity (Wildman–Crippen MR) is 75.1 cm³/mol. The molecule has 0 aliphatic heterocycles. The van der Waals surface area contributed by atoms with Crippen LogP contribution in [0.1, 0.15) is 30.8 Å². The van der Waals surface area contributed by atoms with Gasteiger partial charge in [0.2, 0.25) is 5.88 Å². The first-order valence-corrected chi connectivity index (χ1v) is 6.87. The summed E-state index contributed by atoms with van der Waals surface area (Å²) in [7, 11) is 1.59. The number of nitrogens with one attached hydrogen (secondary N) is 1. The largest absolute Gasteiger partial charge is 0.481 e. The van der Waals surface area contributed by atoms with E-state index in [0.29, 0.717) is 5.88 Å². The fraction of sp³-hybridized carbons (Fsp3) is 0.385. The molecule has 1 N–H and O–H groups in total. The molecule has 19 heavy (non-hydrogen) atoms. The zero-order chi connectivity index (χ0) is 13.7. The number of rotatable bonds is 6. The van der Waals surface area contributed by atoms with Crippen LogP contribution in [0.15, 0.2) is 33.6 Å². The molecule has 1 atom stereocenters. The van der Waals surface area contributed by atoms with E-state index in [9.17, 15) is 0 Å². The van der Waals surface area contributed by atoms with Gasteiger partial charge in [-0.3, -0.25) is 0 Å². The first-order chi connectivity index (χ1) is 9.26. The smallest absolute Gasteiger partial charge is 0.216 e. The Morgan fingerprint density at radius 1 is 1.47 bits per heavy atom. The molecule has 102 valence electrons. The number of furan rings is 1. The highest BCUT2D eigenvalue weighted by molar-refractivity contribution is 9.10. The van der Waals surface area contributed by atoms with Gasteiger partial charge in [0.15, 0.2) is 0 Å². The third-order valence-corrected chi connectivity index (χ3v) is 3.33. The predicted octanol–water partition coefficient (Wildman–Crippen LogP) is 2.93. The van der Waals surface area contributed by atoms with Crippen LogP contribution >= 0.6 is 15.9 Å². The number of nitrogens with zero attached hydrogens (tertiary/aromatic N) is 2. The topological polar surface area (TPSA) is 60.2 Å². The van der Waals surface area contributed by atoms with Crippen molar-refractivity contribution in [1.29, 1.82) is 0 Å². The average molecular weight is 326 g/mol. The van der Waals surface area contributed by atoms with E-state index in [1.807, 2.05) is 12.1 Å². The summed E-state index contributed by atoms with van der Waals surface area (Å²) in [5.41, 5.74) is 0.816. The number of aromatic nitrogens is 2. The Hall–Kier alpha value is -1.40. The first-order valence-electron chi connectivity index (χ1n) is 6.08. The monoisotopic (exact) mass is 325 g/mol. The van der Waals surface area contributed by atoms with E-state index in [1.54, 1.807) is 13.4 Å². The molecular weight excluding hydrogens is 310 g/mol. The Morgan fingerprint density at radius 2 is 2.32 bits per heavy atom. The summed E-state index contributed by atoms with van der Waals surface area (Å²) >= 11 is 3.48. The molecule has 5 nitrogen and oxygen atoms in total. The van der Waals surface area contributed by atoms with Crippen molar-refractivity contribution >= 4 is 15.9 Å². The van der Waals surface area contributed by atoms with Crippen molar-refractivity contribution in [1.82, 2.24) is 15.3 Å². The van der Waals surface area contributed by atoms with Crippen LogP contribution in [0.3, 0.4) is 0 Å². The number of hydrogen-bond acceptors (Lipinski definition) is 5. The van der Waals surface area contributed by atoms with E-state index in [0.717, 1.165) is 28.9 Å². The Labute approximate surface area is 120 Å². The van der Waals surface area contributed by atoms with Gasteiger partial charge in [0.1, 0.15) is 18.1 Å². The van der Waals surface area contributed by atoms with Gasteiger partial charge in [-0.2, -0.15) is 0 Å². The summed E-state index contributed by atoms with van der Waals surface area (Å²) in [6.07, 6.45) is 4.17. The summed E-state index contributed by atoms with van der Waals surface area (Å²) in [4.78, 5) is 8.32. The second kappa shape index (κ2) is 6.68. The molecule has 0 spiro atoms. The van der Waals surface area contributed by atoms with Crippen molar-refractivity contribution in [3.05, 3.63) is 40.7 Å². The van der Waals surface area contributed by atoms with E-state index < -0.39 is 0 Å². The SMILES string of the molecule is CCCNC(c1cc(OC)ncn1)c1occc1Br. The van der Waals surface area contributed by atoms with Gasteiger partial charge < -0.3 is 14.5 Å². The maximum absolute atomic E-state index is 5.54. The van der Waals surface area contributed by atoms with Crippen molar-refractivity contribution in [3.8, 4) is 5.88 Å². The molecule has 1 unspecified atom stereocenters. The lowest BCUT2D eigenvalue weighted by Crippen LogP contribution is -2.24. The first kappa shape index (κ1) is 14.0. The van der Waals surface area contributed by atoms with Crippen LogP contribution in [0, 0.1) is 0 Å². The molecule has 0 fully saturated rings. The third kappa shape index (κ3) is 3.33. The number of methoxy groups -OCH3 is 1. The minimum absolute atomic E-state index is 0.124. The minimum atomic E-state index is -0.124. The number of ether oxygens (including phenoxy) is 1. The third-order valence-electron chi connectivity index (χ3n) is 2.67. The van der Waals surface area contributed by atoms with Crippen LogP contribution in [0.2, 0.25) is 0 Å². The van der Waals surface area contributed by atoms with Crippen molar-refractivity contribution in [2.75, 3.05) is 13.7 Å². The van der Waals surface area contributed by atoms with Gasteiger partial charge in [-0.1, -0.05) is 6.92 Å². The van der Waals surface area contributed by atoms with E-state index in [1.165, 1.54) is 6.33 Å². The zero-order valence-electron chi connectivity index (χ0n) is 10.9. The van der Waals surface area contributed by atoms with Crippen LogP contribution in [-0.2, 0) is 0 Å². The molecule has 0 aliphatic carbocycles. The molecule has 2 aromatic heterocycles. The molecule has 2 heterocycles. The molecule has 0 radical (unpaired) electrons. The summed E-state index contributed by atoms with van der Waals surface area (Å²) < 4.78 is 11.6. The van der Waals surface area contributed by atoms with Crippen LogP contribution in [-0.4, -0.2) is 23.6 Å². The molecule has 0 bridgehead atoms. The van der Waals surface area contributed by atoms with Gasteiger partial charge in [0.25, 0.3) is 0 Å². The van der Waals surface area contributed by atoms with Crippen LogP contribution in [0.5, 0.6) is 5.88 Å². The quantitative estimate of drug-likeness (QED) is 0.884. The molecule has 2 rings (SSSR count). The lowest BCUT2D eigenvalue weighted by atomic mass is 10.1. The summed E-state index contributed by atoms with van der Waals surface area (Å²) in [6.45, 7) is 2.98. The molecule has 0 aliphatic rings. The van der Waals surface area contributed by atoms with E-state index in [2.05, 4.69) is 38.1 Å². The summed E-state index contributed by atoms with van der Waals surface area (Å²) in [6, 6.07) is 3.55. The van der Waals surface area contributed by atoms with Gasteiger partial charge in [0, 0.05) is 6.07 Å². The van der Waals surface area contributed by atoms with Crippen LogP contribution < -0.4 is 10.1 Å². The number of halogens is 1. The van der Waals surface area contributed by atoms with Crippen molar-refractivity contribution in [3.63, 3.8) is 0 Å². The van der Waals surface area contributed by atoms with E-state index in [-0.39, 0.29) is 6.04 Å². The van der Waals surface area contributed by atoms with Gasteiger partial charge in [-0.05, 0) is 35.0 Å². The molecule has 0 saturated heterocycles. The summed E-state index contributed by atoms with van der Waals surface area (Å²) in [5.74, 6) is 1.34. The fourth-order valence-corrected chi connectivity index (χ4v) is 2.18. The fourth-order valence-electron chi connectivity index (χ4n) is 1.75. The molecule has 0 amide bonds. The van der Waals surface area contributed by atoms with Gasteiger partial charge in [-0.25, -0.2) is 9.97 Å². The molecule has 6 heteroatoms. The van der Waals surface area contributed by atoms with Crippen molar-refractivity contribution in [2.24, 2.45) is 0 Å². The Bertz CT molecular complexity index is 530. The van der Waals surface area contributed by atoms with Gasteiger partial charge >= 0.3 is 0 Å². The van der Waals surface area contributed by atoms with Gasteiger partial charge in [0.05, 0.1) is 23.5 Å². The molecule has 2 aromatic rings. The lowest BCUT2D eigenvalue weighted by molar-refractivity contribution is 0.392. The lowest BCUT2D eigenvalue weighted by Gasteiger charge is -2.16. The maximum atomic E-state index is 5.54. The highest BCUT2D eigenvalue weighted by Gasteiger charge is 2.21. The van der Waals surface area contributed by atoms with Crippen LogP contribution in [0.4, 0.5) is 0 Å². The molecule has 0 aromatic carbocycles. The van der Waals surface area contributed by atoms with Gasteiger partial charge in [-0.15, -0.1) is 0 Å². The average Bonchev–Trinajstić information content (AvgIpc) is 2.86. The van der Waals surface area contributed by atoms with E-state index in [4.69, 9.17) is 9.15 Å². The minimum Gasteiger partial charge on any atom is -0.481 e. The van der Waals surface area contributed by atoms with Crippen molar-refractivity contribution in [2.45, 2.75) is 19.4 Å². The zero-order valence-corrected chi connectivity index (χ0v) is 12.5. The second-order valence-corrected chi connectivity index (χ2v) is 4.86. The normalized spacial score (nSPS) is 12.4. The Morgan fingerprint density at radius 3 is 2.95 bits per heavy atom. The molecular formula is C13H16BrN3O2. The highest BCUT2D eigenvalue weighted by atomic mass is 79.9. The van der Waals surface area contributed by atoms with E-state index >= 15 is 0 Å². The highest BCUT2D eigenvalue weighted by Crippen LogP contribution is 2.29. The molecule has 0 saturated carbocycles. The standard InChI is InChI=1S/C13H16BrN3O2/c1-3-5-15-12(13-9(14)4-6-19-13)10-7-11(18-2)17-8-16-10/h4,6-8,12,15H,3,5H2,1-2H3. The summed E-state index contributed by atoms with van der Waals surface area (Å²) in [5, 5.41) is 3.41.